The Bertz CT molecular complexity index is 575. The summed E-state index contributed by atoms with van der Waals surface area (Å²) in [6.45, 7) is 2.30. The SMILES string of the molecule is CC1(C(=O)N2CC(C(=O)O)c3ccccc32)CCCCC1. The fraction of sp³-hybridized carbons (Fsp3) is 0.529. The minimum absolute atomic E-state index is 0.0957. The first-order valence-electron chi connectivity index (χ1n) is 7.67. The Kier molecular flexibility index (Phi) is 3.47. The third-order valence-electron chi connectivity index (χ3n) is 4.98. The van der Waals surface area contributed by atoms with Gasteiger partial charge in [-0.1, -0.05) is 44.4 Å². The molecule has 1 saturated carbocycles. The molecule has 112 valence electrons. The molecule has 1 aliphatic heterocycles. The second-order valence-electron chi connectivity index (χ2n) is 6.49. The van der Waals surface area contributed by atoms with E-state index in [1.54, 1.807) is 4.90 Å². The molecule has 1 amide bonds. The van der Waals surface area contributed by atoms with Gasteiger partial charge in [-0.2, -0.15) is 0 Å². The van der Waals surface area contributed by atoms with Crippen LogP contribution in [0.1, 0.15) is 50.5 Å². The van der Waals surface area contributed by atoms with Crippen molar-refractivity contribution in [2.24, 2.45) is 5.41 Å². The maximum absolute atomic E-state index is 13.0. The minimum atomic E-state index is -0.855. The first kappa shape index (κ1) is 14.1. The van der Waals surface area contributed by atoms with Crippen molar-refractivity contribution in [2.45, 2.75) is 44.9 Å². The fourth-order valence-electron chi connectivity index (χ4n) is 3.68. The number of hydrogen-bond donors (Lipinski definition) is 1. The predicted octanol–water partition coefficient (Wildman–Crippen LogP) is 3.17. The number of benzene rings is 1. The van der Waals surface area contributed by atoms with Crippen LogP contribution in [0.15, 0.2) is 24.3 Å². The molecule has 3 rings (SSSR count). The highest BCUT2D eigenvalue weighted by Crippen LogP contribution is 2.43. The molecule has 0 bridgehead atoms. The highest BCUT2D eigenvalue weighted by Gasteiger charge is 2.43. The number of aliphatic carboxylic acids is 1. The van der Waals surface area contributed by atoms with Crippen LogP contribution in [-0.2, 0) is 9.59 Å². The summed E-state index contributed by atoms with van der Waals surface area (Å²) < 4.78 is 0. The summed E-state index contributed by atoms with van der Waals surface area (Å²) in [5.74, 6) is -1.36. The molecule has 0 aromatic heterocycles. The van der Waals surface area contributed by atoms with E-state index in [-0.39, 0.29) is 17.9 Å². The van der Waals surface area contributed by atoms with Crippen LogP contribution in [0.25, 0.3) is 0 Å². The number of hydrogen-bond acceptors (Lipinski definition) is 2. The Balaban J connectivity index is 1.93. The lowest BCUT2D eigenvalue weighted by Crippen LogP contribution is -2.43. The number of carbonyl (C=O) groups is 2. The van der Waals surface area contributed by atoms with Crippen molar-refractivity contribution < 1.29 is 14.7 Å². The second kappa shape index (κ2) is 5.17. The number of para-hydroxylation sites is 1. The standard InChI is InChI=1S/C17H21NO3/c1-17(9-5-2-6-10-17)16(21)18-11-13(15(19)20)12-7-3-4-8-14(12)18/h3-4,7-8,13H,2,5-6,9-11H2,1H3,(H,19,20). The molecule has 0 radical (unpaired) electrons. The zero-order valence-electron chi connectivity index (χ0n) is 12.3. The van der Waals surface area contributed by atoms with E-state index in [2.05, 4.69) is 0 Å². The largest absolute Gasteiger partial charge is 0.481 e. The van der Waals surface area contributed by atoms with Crippen molar-refractivity contribution in [1.29, 1.82) is 0 Å². The summed E-state index contributed by atoms with van der Waals surface area (Å²) in [5, 5.41) is 9.40. The zero-order valence-corrected chi connectivity index (χ0v) is 12.3. The van der Waals surface area contributed by atoms with E-state index in [0.717, 1.165) is 36.9 Å². The van der Waals surface area contributed by atoms with Gasteiger partial charge in [-0.25, -0.2) is 0 Å². The fourth-order valence-corrected chi connectivity index (χ4v) is 3.68. The molecule has 0 saturated heterocycles. The van der Waals surface area contributed by atoms with Gasteiger partial charge < -0.3 is 10.0 Å². The van der Waals surface area contributed by atoms with Crippen molar-refractivity contribution in [2.75, 3.05) is 11.4 Å². The van der Waals surface area contributed by atoms with Gasteiger partial charge in [0.05, 0.1) is 0 Å². The van der Waals surface area contributed by atoms with E-state index in [9.17, 15) is 14.7 Å². The van der Waals surface area contributed by atoms with Gasteiger partial charge >= 0.3 is 5.97 Å². The van der Waals surface area contributed by atoms with Gasteiger partial charge in [-0.05, 0) is 24.5 Å². The van der Waals surface area contributed by atoms with Crippen LogP contribution in [0.4, 0.5) is 5.69 Å². The van der Waals surface area contributed by atoms with Gasteiger partial charge in [0.25, 0.3) is 0 Å². The lowest BCUT2D eigenvalue weighted by Gasteiger charge is -2.35. The molecule has 1 N–H and O–H groups in total. The maximum Gasteiger partial charge on any atom is 0.312 e. The first-order chi connectivity index (χ1) is 10.0. The van der Waals surface area contributed by atoms with E-state index < -0.39 is 11.9 Å². The molecule has 4 heteroatoms. The Morgan fingerprint density at radius 1 is 1.19 bits per heavy atom. The van der Waals surface area contributed by atoms with Crippen LogP contribution in [0.2, 0.25) is 0 Å². The molecule has 1 fully saturated rings. The smallest absolute Gasteiger partial charge is 0.312 e. The molecule has 1 heterocycles. The van der Waals surface area contributed by atoms with Crippen LogP contribution in [0.5, 0.6) is 0 Å². The van der Waals surface area contributed by atoms with Gasteiger partial charge in [0.1, 0.15) is 5.92 Å². The Labute approximate surface area is 124 Å². The maximum atomic E-state index is 13.0. The number of rotatable bonds is 2. The molecule has 1 atom stereocenters. The number of amides is 1. The first-order valence-corrected chi connectivity index (χ1v) is 7.67. The van der Waals surface area contributed by atoms with Gasteiger partial charge in [0.2, 0.25) is 5.91 Å². The van der Waals surface area contributed by atoms with Crippen LogP contribution in [0, 0.1) is 5.41 Å². The molecule has 1 aliphatic carbocycles. The van der Waals surface area contributed by atoms with Gasteiger partial charge in [0.15, 0.2) is 0 Å². The van der Waals surface area contributed by atoms with Crippen LogP contribution in [-0.4, -0.2) is 23.5 Å². The highest BCUT2D eigenvalue weighted by molar-refractivity contribution is 6.01. The normalized spacial score (nSPS) is 23.7. The minimum Gasteiger partial charge on any atom is -0.481 e. The van der Waals surface area contributed by atoms with E-state index >= 15 is 0 Å². The van der Waals surface area contributed by atoms with Crippen molar-refractivity contribution >= 4 is 17.6 Å². The van der Waals surface area contributed by atoms with Crippen molar-refractivity contribution in [3.63, 3.8) is 0 Å². The second-order valence-corrected chi connectivity index (χ2v) is 6.49. The van der Waals surface area contributed by atoms with E-state index in [1.807, 2.05) is 31.2 Å². The number of carboxylic acids is 1. The van der Waals surface area contributed by atoms with E-state index in [4.69, 9.17) is 0 Å². The van der Waals surface area contributed by atoms with Gasteiger partial charge in [-0.15, -0.1) is 0 Å². The van der Waals surface area contributed by atoms with Gasteiger partial charge in [-0.3, -0.25) is 9.59 Å². The number of anilines is 1. The molecule has 0 spiro atoms. The molecular formula is C17H21NO3. The quantitative estimate of drug-likeness (QED) is 0.909. The van der Waals surface area contributed by atoms with Crippen molar-refractivity contribution in [3.8, 4) is 0 Å². The third-order valence-corrected chi connectivity index (χ3v) is 4.98. The number of carbonyl (C=O) groups excluding carboxylic acids is 1. The van der Waals surface area contributed by atoms with Crippen LogP contribution in [0.3, 0.4) is 0 Å². The molecule has 21 heavy (non-hydrogen) atoms. The average Bonchev–Trinajstić information content (AvgIpc) is 2.87. The molecule has 1 unspecified atom stereocenters. The summed E-state index contributed by atoms with van der Waals surface area (Å²) in [4.78, 5) is 26.1. The summed E-state index contributed by atoms with van der Waals surface area (Å²) >= 11 is 0. The summed E-state index contributed by atoms with van der Waals surface area (Å²) in [7, 11) is 0. The predicted molar refractivity (Wildman–Crippen MR) is 80.4 cm³/mol. The van der Waals surface area contributed by atoms with E-state index in [1.165, 1.54) is 6.42 Å². The molecule has 1 aromatic carbocycles. The summed E-state index contributed by atoms with van der Waals surface area (Å²) in [6.07, 6.45) is 5.17. The van der Waals surface area contributed by atoms with Crippen molar-refractivity contribution in [3.05, 3.63) is 29.8 Å². The molecule has 1 aromatic rings. The lowest BCUT2D eigenvalue weighted by atomic mass is 9.74. The van der Waals surface area contributed by atoms with Crippen LogP contribution >= 0.6 is 0 Å². The number of carboxylic acid groups (broad SMARTS) is 1. The Morgan fingerprint density at radius 2 is 1.86 bits per heavy atom. The Morgan fingerprint density at radius 3 is 2.52 bits per heavy atom. The van der Waals surface area contributed by atoms with Gasteiger partial charge in [0, 0.05) is 17.6 Å². The topological polar surface area (TPSA) is 57.6 Å². The van der Waals surface area contributed by atoms with E-state index in [0.29, 0.717) is 0 Å². The highest BCUT2D eigenvalue weighted by atomic mass is 16.4. The van der Waals surface area contributed by atoms with Crippen LogP contribution < -0.4 is 4.90 Å². The number of fused-ring (bicyclic) bond motifs is 1. The number of nitrogens with zero attached hydrogens (tertiary/aromatic N) is 1. The zero-order chi connectivity index (χ0) is 15.0. The summed E-state index contributed by atoms with van der Waals surface area (Å²) in [5.41, 5.74) is 1.21. The molecule has 4 nitrogen and oxygen atoms in total. The Hall–Kier alpha value is -1.84. The summed E-state index contributed by atoms with van der Waals surface area (Å²) in [6, 6.07) is 7.39. The third kappa shape index (κ3) is 2.33. The lowest BCUT2D eigenvalue weighted by molar-refractivity contribution is -0.138. The molecular weight excluding hydrogens is 266 g/mol. The average molecular weight is 287 g/mol. The molecule has 2 aliphatic rings. The monoisotopic (exact) mass is 287 g/mol. The van der Waals surface area contributed by atoms with Crippen molar-refractivity contribution in [1.82, 2.24) is 0 Å².